The fraction of sp³-hybridized carbons (Fsp3) is 0.238. The molecule has 4 heterocycles. The molecule has 0 atom stereocenters. The van der Waals surface area contributed by atoms with Gasteiger partial charge in [0.2, 0.25) is 0 Å². The Kier molecular flexibility index (Phi) is 5.07. The van der Waals surface area contributed by atoms with E-state index in [9.17, 15) is 10.0 Å². The van der Waals surface area contributed by atoms with Gasteiger partial charge in [0.05, 0.1) is 11.3 Å². The lowest BCUT2D eigenvalue weighted by molar-refractivity contribution is -0.605. The summed E-state index contributed by atoms with van der Waals surface area (Å²) in [5.74, 6) is 1.06. The molecule has 3 aromatic rings. The summed E-state index contributed by atoms with van der Waals surface area (Å²) in [4.78, 5) is 25.7. The van der Waals surface area contributed by atoms with Crippen LogP contribution in [-0.2, 0) is 12.8 Å². The first kappa shape index (κ1) is 19.1. The van der Waals surface area contributed by atoms with Crippen LogP contribution in [-0.4, -0.2) is 29.5 Å². The highest BCUT2D eigenvalue weighted by molar-refractivity contribution is 6.29. The van der Waals surface area contributed by atoms with Crippen molar-refractivity contribution in [2.75, 3.05) is 23.4 Å². The maximum absolute atomic E-state index is 13.2. The third-order valence-electron chi connectivity index (χ3n) is 5.04. The zero-order valence-electron chi connectivity index (χ0n) is 16.2. The van der Waals surface area contributed by atoms with Crippen LogP contribution >= 0.6 is 11.6 Å². The normalized spacial score (nSPS) is 13.1. The molecule has 148 valence electrons. The zero-order chi connectivity index (χ0) is 20.5. The van der Waals surface area contributed by atoms with E-state index in [-0.39, 0.29) is 5.91 Å². The van der Waals surface area contributed by atoms with Crippen molar-refractivity contribution in [3.05, 3.63) is 76.0 Å². The van der Waals surface area contributed by atoms with Crippen LogP contribution in [0.3, 0.4) is 0 Å². The zero-order valence-corrected chi connectivity index (χ0v) is 16.9. The number of pyridine rings is 3. The molecule has 1 amide bonds. The predicted octanol–water partition coefficient (Wildman–Crippen LogP) is 3.30. The summed E-state index contributed by atoms with van der Waals surface area (Å²) in [7, 11) is 1.73. The van der Waals surface area contributed by atoms with Gasteiger partial charge >= 0.3 is 0 Å². The number of amides is 1. The van der Waals surface area contributed by atoms with E-state index in [0.29, 0.717) is 41.0 Å². The molecule has 0 saturated heterocycles. The second-order valence-electron chi connectivity index (χ2n) is 6.87. The average Bonchev–Trinajstić information content (AvgIpc) is 2.81. The van der Waals surface area contributed by atoms with Crippen LogP contribution in [0.2, 0.25) is 5.15 Å². The van der Waals surface area contributed by atoms with Crippen molar-refractivity contribution in [2.45, 2.75) is 19.8 Å². The highest BCUT2D eigenvalue weighted by Gasteiger charge is 2.30. The van der Waals surface area contributed by atoms with E-state index in [1.165, 1.54) is 12.4 Å². The molecule has 0 bridgehead atoms. The number of fused-ring (bicyclic) bond motifs is 2. The molecule has 0 aliphatic carbocycles. The van der Waals surface area contributed by atoms with Gasteiger partial charge in [-0.3, -0.25) is 4.79 Å². The molecular formula is C21H20ClN5O2. The van der Waals surface area contributed by atoms with Crippen molar-refractivity contribution in [3.63, 3.8) is 0 Å². The van der Waals surface area contributed by atoms with Crippen molar-refractivity contribution in [2.24, 2.45) is 0 Å². The largest absolute Gasteiger partial charge is 0.619 e. The molecular weight excluding hydrogens is 390 g/mol. The Labute approximate surface area is 173 Å². The van der Waals surface area contributed by atoms with Crippen LogP contribution in [0, 0.1) is 5.21 Å². The minimum absolute atomic E-state index is 0.136. The van der Waals surface area contributed by atoms with E-state index in [1.807, 2.05) is 17.9 Å². The number of hydrogen-bond donors (Lipinski definition) is 0. The maximum Gasteiger partial charge on any atom is 0.261 e. The number of carbonyl (C=O) groups is 1. The molecule has 0 N–H and O–H groups in total. The molecule has 0 fully saturated rings. The Bertz CT molecular complexity index is 1070. The van der Waals surface area contributed by atoms with Gasteiger partial charge in [0.25, 0.3) is 5.91 Å². The lowest BCUT2D eigenvalue weighted by Crippen LogP contribution is -2.25. The molecule has 1 aliphatic heterocycles. The maximum atomic E-state index is 13.2. The van der Waals surface area contributed by atoms with Gasteiger partial charge in [-0.15, -0.1) is 0 Å². The van der Waals surface area contributed by atoms with Gasteiger partial charge in [0, 0.05) is 31.9 Å². The Hall–Kier alpha value is -3.19. The van der Waals surface area contributed by atoms with Crippen LogP contribution in [0.4, 0.5) is 17.3 Å². The molecule has 0 aromatic carbocycles. The number of carbonyl (C=O) groups excluding carboxylic acids is 1. The third kappa shape index (κ3) is 3.61. The van der Waals surface area contributed by atoms with Gasteiger partial charge in [-0.2, -0.15) is 4.73 Å². The summed E-state index contributed by atoms with van der Waals surface area (Å²) < 4.78 is 0.763. The predicted molar refractivity (Wildman–Crippen MR) is 112 cm³/mol. The number of aromatic nitrogens is 3. The molecule has 7 nitrogen and oxygen atoms in total. The highest BCUT2D eigenvalue weighted by Crippen LogP contribution is 2.38. The molecule has 0 spiro atoms. The Morgan fingerprint density at radius 1 is 1.10 bits per heavy atom. The van der Waals surface area contributed by atoms with E-state index in [4.69, 9.17) is 11.6 Å². The molecule has 8 heteroatoms. The first-order valence-electron chi connectivity index (χ1n) is 9.36. The van der Waals surface area contributed by atoms with Crippen LogP contribution in [0.1, 0.15) is 28.4 Å². The smallest absolute Gasteiger partial charge is 0.261 e. The van der Waals surface area contributed by atoms with Crippen LogP contribution in [0.5, 0.6) is 0 Å². The molecule has 1 aliphatic rings. The number of anilines is 3. The summed E-state index contributed by atoms with van der Waals surface area (Å²) in [5, 5.41) is 11.5. The topological polar surface area (TPSA) is 76.3 Å². The molecule has 4 rings (SSSR count). The van der Waals surface area contributed by atoms with Gasteiger partial charge in [0.1, 0.15) is 11.0 Å². The van der Waals surface area contributed by atoms with Crippen molar-refractivity contribution in [1.82, 2.24) is 9.97 Å². The second kappa shape index (κ2) is 7.67. The van der Waals surface area contributed by atoms with Crippen molar-refractivity contribution in [1.29, 1.82) is 0 Å². The quantitative estimate of drug-likeness (QED) is 0.375. The van der Waals surface area contributed by atoms with Gasteiger partial charge < -0.3 is 15.0 Å². The fourth-order valence-electron chi connectivity index (χ4n) is 3.48. The summed E-state index contributed by atoms with van der Waals surface area (Å²) >= 11 is 6.12. The van der Waals surface area contributed by atoms with E-state index in [2.05, 4.69) is 9.97 Å². The van der Waals surface area contributed by atoms with Gasteiger partial charge in [0.15, 0.2) is 18.2 Å². The first-order valence-corrected chi connectivity index (χ1v) is 9.74. The Morgan fingerprint density at radius 2 is 1.83 bits per heavy atom. The average molecular weight is 410 g/mol. The standard InChI is InChI=1S/C21H20ClN5O2/c1-3-27-19-16(21(28)25(2)17-6-7-18(22)24-20(17)27)12-15(13-23-19)5-4-14-8-10-26(29)11-9-14/h6-13H,3-5H2,1-2H3. The monoisotopic (exact) mass is 409 g/mol. The summed E-state index contributed by atoms with van der Waals surface area (Å²) in [6.07, 6.45) is 6.22. The number of aryl methyl sites for hydroxylation is 2. The lowest BCUT2D eigenvalue weighted by atomic mass is 10.0. The summed E-state index contributed by atoms with van der Waals surface area (Å²) in [6.45, 7) is 2.58. The fourth-order valence-corrected chi connectivity index (χ4v) is 3.62. The van der Waals surface area contributed by atoms with E-state index in [1.54, 1.807) is 42.4 Å². The van der Waals surface area contributed by atoms with Crippen LogP contribution in [0.25, 0.3) is 0 Å². The van der Waals surface area contributed by atoms with Gasteiger partial charge in [-0.1, -0.05) is 11.6 Å². The van der Waals surface area contributed by atoms with E-state index in [0.717, 1.165) is 22.3 Å². The third-order valence-corrected chi connectivity index (χ3v) is 5.25. The first-order chi connectivity index (χ1) is 14.0. The van der Waals surface area contributed by atoms with Crippen molar-refractivity contribution in [3.8, 4) is 0 Å². The number of nitrogens with zero attached hydrogens (tertiary/aromatic N) is 5. The highest BCUT2D eigenvalue weighted by atomic mass is 35.5. The van der Waals surface area contributed by atoms with Gasteiger partial charge in [-0.05, 0) is 49.1 Å². The van der Waals surface area contributed by atoms with Gasteiger partial charge in [-0.25, -0.2) is 9.97 Å². The number of halogens is 1. The summed E-state index contributed by atoms with van der Waals surface area (Å²) in [5.41, 5.74) is 3.23. The lowest BCUT2D eigenvalue weighted by Gasteiger charge is -2.23. The minimum Gasteiger partial charge on any atom is -0.619 e. The van der Waals surface area contributed by atoms with E-state index >= 15 is 0 Å². The van der Waals surface area contributed by atoms with Crippen molar-refractivity contribution < 1.29 is 9.52 Å². The van der Waals surface area contributed by atoms with Crippen LogP contribution < -0.4 is 14.5 Å². The van der Waals surface area contributed by atoms with Crippen LogP contribution in [0.15, 0.2) is 48.9 Å². The van der Waals surface area contributed by atoms with Crippen molar-refractivity contribution >= 4 is 34.8 Å². The Balaban J connectivity index is 1.70. The Morgan fingerprint density at radius 3 is 2.55 bits per heavy atom. The second-order valence-corrected chi connectivity index (χ2v) is 7.25. The molecule has 0 saturated carbocycles. The molecule has 0 unspecified atom stereocenters. The number of hydrogen-bond acceptors (Lipinski definition) is 5. The SMILES string of the molecule is CCN1c2ncc(CCc3cc[n+]([O-])cc3)cc2C(=O)N(C)c2ccc(Cl)nc21. The molecule has 3 aromatic heterocycles. The molecule has 29 heavy (non-hydrogen) atoms. The minimum atomic E-state index is -0.136. The molecule has 0 radical (unpaired) electrons. The van der Waals surface area contributed by atoms with E-state index < -0.39 is 0 Å². The number of rotatable bonds is 4. The summed E-state index contributed by atoms with van der Waals surface area (Å²) in [6, 6.07) is 8.98.